The van der Waals surface area contributed by atoms with Crippen LogP contribution in [0.2, 0.25) is 4.47 Å². The first-order valence-electron chi connectivity index (χ1n) is 5.72. The lowest BCUT2D eigenvalue weighted by Crippen LogP contribution is -2.15. The van der Waals surface area contributed by atoms with Crippen molar-refractivity contribution in [3.63, 3.8) is 0 Å². The molecule has 0 N–H and O–H groups in total. The normalized spacial score (nSPS) is 12.5. The summed E-state index contributed by atoms with van der Waals surface area (Å²) in [4.78, 5) is 14.2. The average Bonchev–Trinajstić information content (AvgIpc) is 2.88. The number of esters is 1. The SMILES string of the molecule is N#CC(OC(=O)c1sc(Cl)nc1C(F)(F)F)c1ccccc1. The Balaban J connectivity index is 2.28. The molecule has 4 nitrogen and oxygen atoms in total. The van der Waals surface area contributed by atoms with Crippen LogP contribution in [-0.2, 0) is 10.9 Å². The van der Waals surface area contributed by atoms with Crippen molar-refractivity contribution in [2.45, 2.75) is 12.3 Å². The van der Waals surface area contributed by atoms with Crippen LogP contribution in [-0.4, -0.2) is 11.0 Å². The molecule has 0 bridgehead atoms. The molecule has 22 heavy (non-hydrogen) atoms. The lowest BCUT2D eigenvalue weighted by Gasteiger charge is -2.11. The molecule has 0 aliphatic heterocycles. The van der Waals surface area contributed by atoms with E-state index in [2.05, 4.69) is 4.98 Å². The molecule has 1 atom stereocenters. The predicted molar refractivity (Wildman–Crippen MR) is 72.3 cm³/mol. The van der Waals surface area contributed by atoms with Crippen LogP contribution in [0.15, 0.2) is 30.3 Å². The van der Waals surface area contributed by atoms with Gasteiger partial charge in [-0.1, -0.05) is 53.3 Å². The van der Waals surface area contributed by atoms with Gasteiger partial charge in [0, 0.05) is 5.56 Å². The molecular formula is C13H6ClF3N2O2S. The van der Waals surface area contributed by atoms with E-state index >= 15 is 0 Å². The summed E-state index contributed by atoms with van der Waals surface area (Å²) in [6.45, 7) is 0. The predicted octanol–water partition coefficient (Wildman–Crippen LogP) is 4.24. The smallest absolute Gasteiger partial charge is 0.435 e. The van der Waals surface area contributed by atoms with Gasteiger partial charge in [-0.3, -0.25) is 0 Å². The third kappa shape index (κ3) is 3.55. The van der Waals surface area contributed by atoms with Gasteiger partial charge in [0.05, 0.1) is 0 Å². The topological polar surface area (TPSA) is 63.0 Å². The van der Waals surface area contributed by atoms with Crippen LogP contribution in [0.3, 0.4) is 0 Å². The molecule has 0 radical (unpaired) electrons. The van der Waals surface area contributed by atoms with Crippen LogP contribution in [0, 0.1) is 11.3 Å². The number of thiazole rings is 1. The standard InChI is InChI=1S/C13H6ClF3N2O2S/c14-12-19-10(13(15,16)17)9(22-12)11(20)21-8(6-18)7-4-2-1-3-5-7/h1-5,8H. The number of aromatic nitrogens is 1. The van der Waals surface area contributed by atoms with E-state index < -0.39 is 33.3 Å². The zero-order valence-electron chi connectivity index (χ0n) is 10.6. The average molecular weight is 347 g/mol. The number of hydrogen-bond acceptors (Lipinski definition) is 5. The quantitative estimate of drug-likeness (QED) is 0.780. The van der Waals surface area contributed by atoms with Crippen LogP contribution in [0.4, 0.5) is 13.2 Å². The lowest BCUT2D eigenvalue weighted by atomic mass is 10.1. The van der Waals surface area contributed by atoms with Crippen LogP contribution in [0.5, 0.6) is 0 Å². The van der Waals surface area contributed by atoms with Gasteiger partial charge in [-0.25, -0.2) is 9.78 Å². The molecule has 1 unspecified atom stereocenters. The minimum atomic E-state index is -4.84. The Bertz CT molecular complexity index is 725. The number of carbonyl (C=O) groups excluding carboxylic acids is 1. The van der Waals surface area contributed by atoms with Gasteiger partial charge in [0.15, 0.2) is 10.2 Å². The minimum absolute atomic E-state index is 0.347. The molecule has 0 saturated carbocycles. The molecule has 2 aromatic rings. The maximum absolute atomic E-state index is 12.8. The van der Waals surface area contributed by atoms with Crippen molar-refractivity contribution in [2.75, 3.05) is 0 Å². The number of ether oxygens (including phenoxy) is 1. The second kappa shape index (κ2) is 6.34. The number of nitriles is 1. The monoisotopic (exact) mass is 346 g/mol. The molecule has 0 amide bonds. The zero-order chi connectivity index (χ0) is 16.3. The maximum atomic E-state index is 12.8. The van der Waals surface area contributed by atoms with Crippen molar-refractivity contribution < 1.29 is 22.7 Å². The van der Waals surface area contributed by atoms with E-state index in [0.717, 1.165) is 0 Å². The van der Waals surface area contributed by atoms with E-state index in [1.54, 1.807) is 24.3 Å². The third-order valence-corrected chi connectivity index (χ3v) is 3.64. The number of alkyl halides is 3. The number of benzene rings is 1. The number of nitrogens with zero attached hydrogens (tertiary/aromatic N) is 2. The maximum Gasteiger partial charge on any atom is 0.435 e. The highest BCUT2D eigenvalue weighted by Gasteiger charge is 2.40. The van der Waals surface area contributed by atoms with E-state index in [1.807, 2.05) is 0 Å². The van der Waals surface area contributed by atoms with Crippen molar-refractivity contribution in [3.05, 3.63) is 50.9 Å². The fourth-order valence-electron chi connectivity index (χ4n) is 1.58. The Hall–Kier alpha value is -2.11. The summed E-state index contributed by atoms with van der Waals surface area (Å²) in [5.74, 6) is -1.30. The van der Waals surface area contributed by atoms with Gasteiger partial charge in [0.25, 0.3) is 0 Å². The van der Waals surface area contributed by atoms with Crippen molar-refractivity contribution in [1.29, 1.82) is 5.26 Å². The lowest BCUT2D eigenvalue weighted by molar-refractivity contribution is -0.141. The summed E-state index contributed by atoms with van der Waals surface area (Å²) in [5.41, 5.74) is -1.07. The van der Waals surface area contributed by atoms with E-state index in [9.17, 15) is 18.0 Å². The summed E-state index contributed by atoms with van der Waals surface area (Å²) in [6.07, 6.45) is -6.16. The van der Waals surface area contributed by atoms with Crippen molar-refractivity contribution >= 4 is 28.9 Å². The van der Waals surface area contributed by atoms with E-state index in [0.29, 0.717) is 16.9 Å². The summed E-state index contributed by atoms with van der Waals surface area (Å²) in [7, 11) is 0. The van der Waals surface area contributed by atoms with Gasteiger partial charge in [-0.15, -0.1) is 0 Å². The Morgan fingerprint density at radius 1 is 1.36 bits per heavy atom. The zero-order valence-corrected chi connectivity index (χ0v) is 12.2. The molecule has 0 aliphatic rings. The summed E-state index contributed by atoms with van der Waals surface area (Å²) >= 11 is 5.79. The highest BCUT2D eigenvalue weighted by molar-refractivity contribution is 7.17. The van der Waals surface area contributed by atoms with Gasteiger partial charge in [-0.05, 0) is 0 Å². The van der Waals surface area contributed by atoms with Crippen LogP contribution >= 0.6 is 22.9 Å². The highest BCUT2D eigenvalue weighted by atomic mass is 35.5. The van der Waals surface area contributed by atoms with E-state index in [-0.39, 0.29) is 0 Å². The van der Waals surface area contributed by atoms with Crippen molar-refractivity contribution in [3.8, 4) is 6.07 Å². The number of hydrogen-bond donors (Lipinski definition) is 0. The third-order valence-electron chi connectivity index (χ3n) is 2.50. The van der Waals surface area contributed by atoms with Gasteiger partial charge in [0.1, 0.15) is 10.9 Å². The number of rotatable bonds is 3. The van der Waals surface area contributed by atoms with Crippen LogP contribution < -0.4 is 0 Å². The second-order valence-corrected chi connectivity index (χ2v) is 5.55. The second-order valence-electron chi connectivity index (χ2n) is 3.97. The van der Waals surface area contributed by atoms with Gasteiger partial charge >= 0.3 is 12.1 Å². The molecule has 0 saturated heterocycles. The molecule has 2 rings (SSSR count). The molecule has 1 heterocycles. The van der Waals surface area contributed by atoms with Gasteiger partial charge in [0.2, 0.25) is 6.10 Å². The Morgan fingerprint density at radius 2 is 2.00 bits per heavy atom. The summed E-state index contributed by atoms with van der Waals surface area (Å²) in [5, 5.41) is 9.02. The molecule has 0 spiro atoms. The molecule has 1 aromatic heterocycles. The first-order valence-corrected chi connectivity index (χ1v) is 6.91. The molecular weight excluding hydrogens is 341 g/mol. The van der Waals surface area contributed by atoms with Gasteiger partial charge in [-0.2, -0.15) is 18.4 Å². The molecule has 9 heteroatoms. The highest BCUT2D eigenvalue weighted by Crippen LogP contribution is 2.36. The first kappa shape index (κ1) is 16.3. The minimum Gasteiger partial charge on any atom is -0.438 e. The van der Waals surface area contributed by atoms with Crippen LogP contribution in [0.25, 0.3) is 0 Å². The van der Waals surface area contributed by atoms with Crippen molar-refractivity contribution in [1.82, 2.24) is 4.98 Å². The van der Waals surface area contributed by atoms with E-state index in [1.165, 1.54) is 12.1 Å². The Kier molecular flexibility index (Phi) is 4.68. The van der Waals surface area contributed by atoms with Crippen LogP contribution in [0.1, 0.15) is 27.0 Å². The summed E-state index contributed by atoms with van der Waals surface area (Å²) < 4.78 is 42.7. The fourth-order valence-corrected chi connectivity index (χ4v) is 2.59. The number of carbonyl (C=O) groups is 1. The first-order chi connectivity index (χ1) is 10.3. The van der Waals surface area contributed by atoms with E-state index in [4.69, 9.17) is 21.6 Å². The molecule has 114 valence electrons. The summed E-state index contributed by atoms with van der Waals surface area (Å²) in [6, 6.07) is 9.65. The van der Waals surface area contributed by atoms with Gasteiger partial charge < -0.3 is 4.74 Å². The molecule has 1 aromatic carbocycles. The fraction of sp³-hybridized carbons (Fsp3) is 0.154. The number of halogens is 4. The molecule has 0 aliphatic carbocycles. The Morgan fingerprint density at radius 3 is 2.55 bits per heavy atom. The molecule has 0 fully saturated rings. The largest absolute Gasteiger partial charge is 0.438 e. The Labute approximate surface area is 131 Å². The van der Waals surface area contributed by atoms with Crippen molar-refractivity contribution in [2.24, 2.45) is 0 Å².